The molecule has 120 valence electrons. The third kappa shape index (κ3) is 6.13. The minimum Gasteiger partial charge on any atom is -0.324 e. The molecule has 0 aliphatic heterocycles. The maximum atomic E-state index is 13.9. The van der Waals surface area contributed by atoms with E-state index >= 15 is 0 Å². The summed E-state index contributed by atoms with van der Waals surface area (Å²) in [7, 11) is 0. The van der Waals surface area contributed by atoms with Crippen molar-refractivity contribution in [2.24, 2.45) is 5.73 Å². The Kier molecular flexibility index (Phi) is 8.51. The van der Waals surface area contributed by atoms with E-state index in [9.17, 15) is 8.78 Å². The van der Waals surface area contributed by atoms with Crippen LogP contribution in [-0.4, -0.2) is 0 Å². The van der Waals surface area contributed by atoms with Crippen molar-refractivity contribution in [1.29, 1.82) is 0 Å². The highest BCUT2D eigenvalue weighted by Gasteiger charge is 2.17. The smallest absolute Gasteiger partial charge is 0.133 e. The maximum Gasteiger partial charge on any atom is 0.133 e. The van der Waals surface area contributed by atoms with E-state index in [4.69, 9.17) is 5.73 Å². The number of unbranched alkanes of at least 4 members (excludes halogenated alkanes) is 7. The van der Waals surface area contributed by atoms with E-state index in [-0.39, 0.29) is 5.56 Å². The van der Waals surface area contributed by atoms with Gasteiger partial charge in [0, 0.05) is 11.6 Å². The van der Waals surface area contributed by atoms with Crippen LogP contribution in [0.25, 0.3) is 0 Å². The van der Waals surface area contributed by atoms with Crippen LogP contribution < -0.4 is 5.73 Å². The molecular formula is C18H29F2N. The zero-order chi connectivity index (χ0) is 15.7. The summed E-state index contributed by atoms with van der Waals surface area (Å²) in [6, 6.07) is 2.23. The Balaban J connectivity index is 2.28. The fraction of sp³-hybridized carbons (Fsp3) is 0.667. The van der Waals surface area contributed by atoms with Crippen molar-refractivity contribution in [1.82, 2.24) is 0 Å². The number of aryl methyl sites for hydroxylation is 1. The van der Waals surface area contributed by atoms with Gasteiger partial charge < -0.3 is 5.73 Å². The van der Waals surface area contributed by atoms with E-state index in [2.05, 4.69) is 6.92 Å². The molecule has 0 fully saturated rings. The highest BCUT2D eigenvalue weighted by Crippen LogP contribution is 2.25. The Morgan fingerprint density at radius 3 is 2.14 bits per heavy atom. The Morgan fingerprint density at radius 2 is 1.52 bits per heavy atom. The molecule has 0 amide bonds. The van der Waals surface area contributed by atoms with Gasteiger partial charge in [-0.1, -0.05) is 64.4 Å². The minimum absolute atomic E-state index is 0.0537. The normalized spacial score (nSPS) is 12.6. The molecule has 0 spiro atoms. The van der Waals surface area contributed by atoms with Crippen molar-refractivity contribution in [3.8, 4) is 0 Å². The fourth-order valence-electron chi connectivity index (χ4n) is 2.66. The van der Waals surface area contributed by atoms with Crippen LogP contribution in [0.4, 0.5) is 8.78 Å². The van der Waals surface area contributed by atoms with Crippen LogP contribution in [0, 0.1) is 18.6 Å². The van der Waals surface area contributed by atoms with E-state index in [1.807, 2.05) is 0 Å². The molecule has 0 aliphatic carbocycles. The zero-order valence-electron chi connectivity index (χ0n) is 13.4. The molecule has 0 aromatic heterocycles. The second-order valence-electron chi connectivity index (χ2n) is 5.96. The lowest BCUT2D eigenvalue weighted by atomic mass is 9.97. The summed E-state index contributed by atoms with van der Waals surface area (Å²) in [5.74, 6) is -1.01. The number of hydrogen-bond acceptors (Lipinski definition) is 1. The molecule has 1 unspecified atom stereocenters. The van der Waals surface area contributed by atoms with Crippen molar-refractivity contribution in [3.63, 3.8) is 0 Å². The average Bonchev–Trinajstić information content (AvgIpc) is 2.46. The summed E-state index contributed by atoms with van der Waals surface area (Å²) in [4.78, 5) is 0. The monoisotopic (exact) mass is 297 g/mol. The zero-order valence-corrected chi connectivity index (χ0v) is 13.4. The largest absolute Gasteiger partial charge is 0.324 e. The van der Waals surface area contributed by atoms with Crippen molar-refractivity contribution in [3.05, 3.63) is 34.9 Å². The van der Waals surface area contributed by atoms with Gasteiger partial charge in [0.2, 0.25) is 0 Å². The van der Waals surface area contributed by atoms with Gasteiger partial charge in [0.05, 0.1) is 0 Å². The first kappa shape index (κ1) is 18.1. The van der Waals surface area contributed by atoms with Gasteiger partial charge in [-0.25, -0.2) is 8.78 Å². The highest BCUT2D eigenvalue weighted by molar-refractivity contribution is 5.28. The molecule has 0 aliphatic rings. The van der Waals surface area contributed by atoms with E-state index in [0.29, 0.717) is 12.0 Å². The molecule has 3 heteroatoms. The topological polar surface area (TPSA) is 26.0 Å². The molecule has 1 aromatic rings. The average molecular weight is 297 g/mol. The lowest BCUT2D eigenvalue weighted by Crippen LogP contribution is -2.15. The molecule has 1 nitrogen and oxygen atoms in total. The predicted molar refractivity (Wildman–Crippen MR) is 85.3 cm³/mol. The third-order valence-corrected chi connectivity index (χ3v) is 4.06. The van der Waals surface area contributed by atoms with Crippen molar-refractivity contribution >= 4 is 0 Å². The van der Waals surface area contributed by atoms with E-state index in [1.165, 1.54) is 50.7 Å². The number of halogens is 2. The summed E-state index contributed by atoms with van der Waals surface area (Å²) < 4.78 is 27.7. The lowest BCUT2D eigenvalue weighted by Gasteiger charge is -2.15. The Morgan fingerprint density at radius 1 is 0.952 bits per heavy atom. The van der Waals surface area contributed by atoms with Crippen LogP contribution in [0.15, 0.2) is 12.1 Å². The minimum atomic E-state index is -0.537. The van der Waals surface area contributed by atoms with Gasteiger partial charge in [0.1, 0.15) is 11.6 Å². The first-order valence-electron chi connectivity index (χ1n) is 8.28. The summed E-state index contributed by atoms with van der Waals surface area (Å²) in [6.07, 6.45) is 10.3. The van der Waals surface area contributed by atoms with Gasteiger partial charge in [-0.05, 0) is 25.0 Å². The van der Waals surface area contributed by atoms with Crippen LogP contribution in [0.1, 0.15) is 81.9 Å². The molecule has 0 saturated carbocycles. The Labute approximate surface area is 127 Å². The number of benzene rings is 1. The molecule has 2 N–H and O–H groups in total. The second-order valence-corrected chi connectivity index (χ2v) is 5.96. The summed E-state index contributed by atoms with van der Waals surface area (Å²) in [5.41, 5.74) is 6.48. The highest BCUT2D eigenvalue weighted by atomic mass is 19.1. The van der Waals surface area contributed by atoms with Crippen LogP contribution >= 0.6 is 0 Å². The fourth-order valence-corrected chi connectivity index (χ4v) is 2.66. The lowest BCUT2D eigenvalue weighted by molar-refractivity contribution is 0.486. The molecule has 0 bridgehead atoms. The first-order chi connectivity index (χ1) is 10.1. The number of nitrogens with two attached hydrogens (primary N) is 1. The van der Waals surface area contributed by atoms with Gasteiger partial charge in [-0.2, -0.15) is 0 Å². The molecule has 1 atom stereocenters. The van der Waals surface area contributed by atoms with Crippen LogP contribution in [-0.2, 0) is 0 Å². The predicted octanol–water partition coefficient (Wildman–Crippen LogP) is 5.80. The third-order valence-electron chi connectivity index (χ3n) is 4.06. The Bertz CT molecular complexity index is 418. The van der Waals surface area contributed by atoms with E-state index in [1.54, 1.807) is 6.92 Å². The van der Waals surface area contributed by atoms with Gasteiger partial charge in [-0.15, -0.1) is 0 Å². The Hall–Kier alpha value is -0.960. The number of hydrogen-bond donors (Lipinski definition) is 1. The van der Waals surface area contributed by atoms with E-state index in [0.717, 1.165) is 12.8 Å². The summed E-state index contributed by atoms with van der Waals surface area (Å²) in [5, 5.41) is 0. The van der Waals surface area contributed by atoms with Crippen molar-refractivity contribution in [2.75, 3.05) is 0 Å². The second kappa shape index (κ2) is 9.88. The molecule has 1 rings (SSSR count). The van der Waals surface area contributed by atoms with Crippen molar-refractivity contribution in [2.45, 2.75) is 77.7 Å². The van der Waals surface area contributed by atoms with E-state index < -0.39 is 17.7 Å². The van der Waals surface area contributed by atoms with Gasteiger partial charge in [-0.3, -0.25) is 0 Å². The maximum absolute atomic E-state index is 13.9. The van der Waals surface area contributed by atoms with Gasteiger partial charge in [0.15, 0.2) is 0 Å². The quantitative estimate of drug-likeness (QED) is 0.542. The van der Waals surface area contributed by atoms with Crippen molar-refractivity contribution < 1.29 is 8.78 Å². The molecule has 1 aromatic carbocycles. The summed E-state index contributed by atoms with van der Waals surface area (Å²) >= 11 is 0. The molecule has 0 saturated heterocycles. The molecule has 0 heterocycles. The standard InChI is InChI=1S/C18H29F2N/c1-3-4-5-6-7-8-9-10-11-16(21)17-15(19)13-12-14(2)18(17)20/h12-13,16H,3-11,21H2,1-2H3. The molecular weight excluding hydrogens is 268 g/mol. The van der Waals surface area contributed by atoms with Crippen LogP contribution in [0.3, 0.4) is 0 Å². The van der Waals surface area contributed by atoms with Crippen LogP contribution in [0.5, 0.6) is 0 Å². The number of rotatable bonds is 10. The van der Waals surface area contributed by atoms with Crippen LogP contribution in [0.2, 0.25) is 0 Å². The summed E-state index contributed by atoms with van der Waals surface area (Å²) in [6.45, 7) is 3.85. The van der Waals surface area contributed by atoms with Gasteiger partial charge >= 0.3 is 0 Å². The SMILES string of the molecule is CCCCCCCCCCC(N)c1c(F)ccc(C)c1F. The first-order valence-corrected chi connectivity index (χ1v) is 8.28. The van der Waals surface area contributed by atoms with Gasteiger partial charge in [0.25, 0.3) is 0 Å². The molecule has 21 heavy (non-hydrogen) atoms. The molecule has 0 radical (unpaired) electrons.